The van der Waals surface area contributed by atoms with Crippen LogP contribution in [0.3, 0.4) is 0 Å². The first-order valence-corrected chi connectivity index (χ1v) is 10.6. The lowest BCUT2D eigenvalue weighted by Gasteiger charge is -2.40. The molecule has 1 fully saturated rings. The van der Waals surface area contributed by atoms with Gasteiger partial charge in [-0.25, -0.2) is 0 Å². The lowest BCUT2D eigenvalue weighted by atomic mass is 10.0. The molecule has 1 aliphatic heterocycles. The van der Waals surface area contributed by atoms with Crippen LogP contribution in [0.25, 0.3) is 0 Å². The first kappa shape index (κ1) is 23.3. The standard InChI is InChI=1S/C22H39N5O2/c1-17(2)19(27-13-11-26(4)12-14-27)16-25-22(23-3)24-10-9-18-7-8-20(28-5)21(15-18)29-6/h7-8,15,17,19H,9-14,16H2,1-6H3,(H2,23,24,25). The first-order chi connectivity index (χ1) is 14.0. The summed E-state index contributed by atoms with van der Waals surface area (Å²) >= 11 is 0. The highest BCUT2D eigenvalue weighted by molar-refractivity contribution is 5.79. The Kier molecular flexibility index (Phi) is 9.54. The van der Waals surface area contributed by atoms with Crippen molar-refractivity contribution in [2.45, 2.75) is 26.3 Å². The maximum absolute atomic E-state index is 5.39. The van der Waals surface area contributed by atoms with Crippen LogP contribution in [0.1, 0.15) is 19.4 Å². The predicted octanol–water partition coefficient (Wildman–Crippen LogP) is 1.68. The molecule has 1 unspecified atom stereocenters. The molecule has 0 bridgehead atoms. The Morgan fingerprint density at radius 2 is 1.76 bits per heavy atom. The molecule has 0 amide bonds. The van der Waals surface area contributed by atoms with Crippen molar-refractivity contribution in [3.05, 3.63) is 23.8 Å². The van der Waals surface area contributed by atoms with Crippen molar-refractivity contribution in [3.63, 3.8) is 0 Å². The lowest BCUT2D eigenvalue weighted by molar-refractivity contribution is 0.0900. The molecule has 7 nitrogen and oxygen atoms in total. The highest BCUT2D eigenvalue weighted by atomic mass is 16.5. The fraction of sp³-hybridized carbons (Fsp3) is 0.682. The molecule has 7 heteroatoms. The fourth-order valence-electron chi connectivity index (χ4n) is 3.72. The van der Waals surface area contributed by atoms with E-state index in [0.717, 1.165) is 63.1 Å². The number of hydrogen-bond acceptors (Lipinski definition) is 5. The maximum Gasteiger partial charge on any atom is 0.191 e. The SMILES string of the molecule is CN=C(NCCc1ccc(OC)c(OC)c1)NCC(C(C)C)N1CCN(C)CC1. The van der Waals surface area contributed by atoms with Crippen LogP contribution in [-0.4, -0.2) is 89.4 Å². The summed E-state index contributed by atoms with van der Waals surface area (Å²) in [6, 6.07) is 6.55. The van der Waals surface area contributed by atoms with Crippen molar-refractivity contribution < 1.29 is 9.47 Å². The molecular formula is C22H39N5O2. The fourth-order valence-corrected chi connectivity index (χ4v) is 3.72. The van der Waals surface area contributed by atoms with Crippen molar-refractivity contribution in [1.82, 2.24) is 20.4 Å². The summed E-state index contributed by atoms with van der Waals surface area (Å²) < 4.78 is 10.7. The third kappa shape index (κ3) is 7.08. The molecular weight excluding hydrogens is 366 g/mol. The average Bonchev–Trinajstić information content (AvgIpc) is 2.73. The predicted molar refractivity (Wildman–Crippen MR) is 120 cm³/mol. The zero-order chi connectivity index (χ0) is 21.2. The molecule has 1 heterocycles. The van der Waals surface area contributed by atoms with Crippen molar-refractivity contribution in [1.29, 1.82) is 0 Å². The minimum atomic E-state index is 0.507. The molecule has 1 aromatic rings. The average molecular weight is 406 g/mol. The second-order valence-corrected chi connectivity index (χ2v) is 7.97. The molecule has 0 aliphatic carbocycles. The molecule has 0 aromatic heterocycles. The van der Waals surface area contributed by atoms with Crippen LogP contribution in [-0.2, 0) is 6.42 Å². The summed E-state index contributed by atoms with van der Waals surface area (Å²) in [7, 11) is 7.34. The molecule has 0 spiro atoms. The molecule has 0 radical (unpaired) electrons. The first-order valence-electron chi connectivity index (χ1n) is 10.6. The number of hydrogen-bond donors (Lipinski definition) is 2. The van der Waals surface area contributed by atoms with Gasteiger partial charge in [-0.15, -0.1) is 0 Å². The minimum Gasteiger partial charge on any atom is -0.493 e. The molecule has 0 saturated carbocycles. The molecule has 29 heavy (non-hydrogen) atoms. The van der Waals surface area contributed by atoms with Crippen LogP contribution in [0.4, 0.5) is 0 Å². The Bertz CT molecular complexity index is 642. The number of nitrogens with zero attached hydrogens (tertiary/aromatic N) is 3. The van der Waals surface area contributed by atoms with Gasteiger partial charge in [0.1, 0.15) is 0 Å². The minimum absolute atomic E-state index is 0.507. The van der Waals surface area contributed by atoms with Crippen molar-refractivity contribution >= 4 is 5.96 Å². The smallest absolute Gasteiger partial charge is 0.191 e. The Morgan fingerprint density at radius 1 is 1.07 bits per heavy atom. The summed E-state index contributed by atoms with van der Waals surface area (Å²) in [6.07, 6.45) is 0.882. The number of methoxy groups -OCH3 is 2. The van der Waals surface area contributed by atoms with Gasteiger partial charge in [-0.1, -0.05) is 19.9 Å². The lowest BCUT2D eigenvalue weighted by Crippen LogP contribution is -2.55. The monoisotopic (exact) mass is 405 g/mol. The van der Waals surface area contributed by atoms with Crippen LogP contribution in [0.5, 0.6) is 11.5 Å². The molecule has 1 aromatic carbocycles. The van der Waals surface area contributed by atoms with Gasteiger partial charge in [0, 0.05) is 52.4 Å². The van der Waals surface area contributed by atoms with Crippen LogP contribution in [0, 0.1) is 5.92 Å². The van der Waals surface area contributed by atoms with Gasteiger partial charge in [-0.3, -0.25) is 9.89 Å². The summed E-state index contributed by atoms with van der Waals surface area (Å²) in [5.41, 5.74) is 1.20. The molecule has 2 rings (SSSR count). The zero-order valence-electron chi connectivity index (χ0n) is 19.0. The van der Waals surface area contributed by atoms with Crippen molar-refractivity contribution in [2.75, 3.05) is 67.6 Å². The number of nitrogens with one attached hydrogen (secondary N) is 2. The molecule has 1 atom stereocenters. The number of rotatable bonds is 9. The van der Waals surface area contributed by atoms with Gasteiger partial charge in [0.05, 0.1) is 14.2 Å². The van der Waals surface area contributed by atoms with Crippen molar-refractivity contribution in [3.8, 4) is 11.5 Å². The van der Waals surface area contributed by atoms with E-state index in [9.17, 15) is 0 Å². The number of piperazine rings is 1. The number of aliphatic imine (C=N–C) groups is 1. The summed E-state index contributed by atoms with van der Waals surface area (Å²) in [4.78, 5) is 9.40. The number of likely N-dealkylation sites (N-methyl/N-ethyl adjacent to an activating group) is 1. The largest absolute Gasteiger partial charge is 0.493 e. The van der Waals surface area contributed by atoms with Gasteiger partial charge in [0.15, 0.2) is 17.5 Å². The third-order valence-electron chi connectivity index (χ3n) is 5.63. The van der Waals surface area contributed by atoms with E-state index in [2.05, 4.69) is 52.4 Å². The Balaban J connectivity index is 1.82. The second-order valence-electron chi connectivity index (χ2n) is 7.97. The van der Waals surface area contributed by atoms with Gasteiger partial charge in [-0.2, -0.15) is 0 Å². The van der Waals surface area contributed by atoms with Gasteiger partial charge in [0.25, 0.3) is 0 Å². The Hall–Kier alpha value is -1.99. The van der Waals surface area contributed by atoms with E-state index in [-0.39, 0.29) is 0 Å². The maximum atomic E-state index is 5.39. The van der Waals surface area contributed by atoms with E-state index in [4.69, 9.17) is 9.47 Å². The van der Waals surface area contributed by atoms with E-state index < -0.39 is 0 Å². The normalized spacial score (nSPS) is 17.3. The van der Waals surface area contributed by atoms with E-state index >= 15 is 0 Å². The topological polar surface area (TPSA) is 61.4 Å². The molecule has 164 valence electrons. The Morgan fingerprint density at radius 3 is 2.34 bits per heavy atom. The number of benzene rings is 1. The van der Waals surface area contributed by atoms with E-state index in [1.807, 2.05) is 19.2 Å². The quantitative estimate of drug-likeness (QED) is 0.482. The van der Waals surface area contributed by atoms with E-state index in [1.165, 1.54) is 5.56 Å². The molecule has 1 aliphatic rings. The highest BCUT2D eigenvalue weighted by Gasteiger charge is 2.25. The van der Waals surface area contributed by atoms with Gasteiger partial charge < -0.3 is 25.0 Å². The highest BCUT2D eigenvalue weighted by Crippen LogP contribution is 2.27. The number of ether oxygens (including phenoxy) is 2. The van der Waals surface area contributed by atoms with Crippen LogP contribution < -0.4 is 20.1 Å². The van der Waals surface area contributed by atoms with Gasteiger partial charge in [-0.05, 0) is 37.1 Å². The summed E-state index contributed by atoms with van der Waals surface area (Å²) in [6.45, 7) is 10.9. The Labute approximate surface area is 176 Å². The third-order valence-corrected chi connectivity index (χ3v) is 5.63. The van der Waals surface area contributed by atoms with E-state index in [0.29, 0.717) is 12.0 Å². The van der Waals surface area contributed by atoms with Gasteiger partial charge >= 0.3 is 0 Å². The molecule has 2 N–H and O–H groups in total. The zero-order valence-corrected chi connectivity index (χ0v) is 19.0. The summed E-state index contributed by atoms with van der Waals surface area (Å²) in [5, 5.41) is 6.95. The van der Waals surface area contributed by atoms with Gasteiger partial charge in [0.2, 0.25) is 0 Å². The van der Waals surface area contributed by atoms with Crippen LogP contribution in [0.15, 0.2) is 23.2 Å². The summed E-state index contributed by atoms with van der Waals surface area (Å²) in [5.74, 6) is 2.96. The number of guanidine groups is 1. The van der Waals surface area contributed by atoms with E-state index in [1.54, 1.807) is 14.2 Å². The molecule has 1 saturated heterocycles. The van der Waals surface area contributed by atoms with Crippen molar-refractivity contribution in [2.24, 2.45) is 10.9 Å². The van der Waals surface area contributed by atoms with Crippen LogP contribution >= 0.6 is 0 Å². The van der Waals surface area contributed by atoms with Crippen LogP contribution in [0.2, 0.25) is 0 Å². The second kappa shape index (κ2) is 11.9.